The lowest BCUT2D eigenvalue weighted by molar-refractivity contribution is -0.125. The van der Waals surface area contributed by atoms with Crippen molar-refractivity contribution in [2.75, 3.05) is 13.1 Å². The molecule has 1 rings (SSSR count). The second-order valence-corrected chi connectivity index (χ2v) is 5.15. The molecule has 1 aliphatic heterocycles. The highest BCUT2D eigenvalue weighted by Crippen LogP contribution is 2.14. The summed E-state index contributed by atoms with van der Waals surface area (Å²) in [6.45, 7) is 6.28. The van der Waals surface area contributed by atoms with Gasteiger partial charge in [0.1, 0.15) is 0 Å². The molecule has 1 amide bonds. The van der Waals surface area contributed by atoms with E-state index < -0.39 is 0 Å². The number of hydrogen-bond acceptors (Lipinski definition) is 2. The number of rotatable bonds is 8. The second kappa shape index (κ2) is 8.51. The van der Waals surface area contributed by atoms with Gasteiger partial charge in [-0.2, -0.15) is 0 Å². The van der Waals surface area contributed by atoms with Gasteiger partial charge in [0.2, 0.25) is 5.91 Å². The van der Waals surface area contributed by atoms with Gasteiger partial charge < -0.3 is 10.6 Å². The van der Waals surface area contributed by atoms with Crippen LogP contribution < -0.4 is 10.6 Å². The Labute approximate surface area is 106 Å². The maximum Gasteiger partial charge on any atom is 0.223 e. The van der Waals surface area contributed by atoms with Crippen molar-refractivity contribution in [1.29, 1.82) is 0 Å². The molecule has 3 nitrogen and oxygen atoms in total. The molecule has 1 atom stereocenters. The first-order valence-corrected chi connectivity index (χ1v) is 7.29. The summed E-state index contributed by atoms with van der Waals surface area (Å²) in [4.78, 5) is 12.0. The zero-order valence-electron chi connectivity index (χ0n) is 11.4. The Morgan fingerprint density at radius 1 is 1.35 bits per heavy atom. The smallest absolute Gasteiger partial charge is 0.223 e. The molecule has 100 valence electrons. The predicted octanol–water partition coefficient (Wildman–Crippen LogP) is 2.46. The molecule has 1 saturated heterocycles. The highest BCUT2D eigenvalue weighted by Gasteiger charge is 2.17. The normalized spacial score (nSPS) is 19.8. The third-order valence-corrected chi connectivity index (χ3v) is 3.60. The molecule has 2 N–H and O–H groups in total. The van der Waals surface area contributed by atoms with E-state index in [2.05, 4.69) is 24.5 Å². The lowest BCUT2D eigenvalue weighted by atomic mass is 9.97. The molecule has 1 fully saturated rings. The zero-order valence-corrected chi connectivity index (χ0v) is 11.4. The molecule has 3 heteroatoms. The Balaban J connectivity index is 2.16. The molecule has 0 radical (unpaired) electrons. The van der Waals surface area contributed by atoms with E-state index in [0.717, 1.165) is 45.2 Å². The summed E-state index contributed by atoms with van der Waals surface area (Å²) >= 11 is 0. The van der Waals surface area contributed by atoms with Crippen LogP contribution in [0.4, 0.5) is 0 Å². The summed E-state index contributed by atoms with van der Waals surface area (Å²) in [5.41, 5.74) is 0. The van der Waals surface area contributed by atoms with E-state index in [9.17, 15) is 4.79 Å². The fraction of sp³-hybridized carbons (Fsp3) is 0.929. The van der Waals surface area contributed by atoms with Crippen LogP contribution in [-0.2, 0) is 4.79 Å². The van der Waals surface area contributed by atoms with Crippen LogP contribution >= 0.6 is 0 Å². The molecule has 1 heterocycles. The molecule has 17 heavy (non-hydrogen) atoms. The average Bonchev–Trinajstić information content (AvgIpc) is 2.81. The van der Waals surface area contributed by atoms with Crippen LogP contribution in [0.1, 0.15) is 58.8 Å². The third-order valence-electron chi connectivity index (χ3n) is 3.60. The minimum absolute atomic E-state index is 0.238. The summed E-state index contributed by atoms with van der Waals surface area (Å²) in [7, 11) is 0. The molecule has 0 saturated carbocycles. The van der Waals surface area contributed by atoms with Crippen LogP contribution in [-0.4, -0.2) is 25.0 Å². The Bertz CT molecular complexity index is 206. The van der Waals surface area contributed by atoms with E-state index in [4.69, 9.17) is 0 Å². The largest absolute Gasteiger partial charge is 0.356 e. The molecule has 0 aromatic carbocycles. The van der Waals surface area contributed by atoms with E-state index in [1.165, 1.54) is 12.8 Å². The Morgan fingerprint density at radius 2 is 2.06 bits per heavy atom. The highest BCUT2D eigenvalue weighted by molar-refractivity contribution is 5.78. The zero-order chi connectivity index (χ0) is 12.5. The molecular formula is C14H28N2O. The van der Waals surface area contributed by atoms with Crippen LogP contribution in [0.15, 0.2) is 0 Å². The van der Waals surface area contributed by atoms with Crippen molar-refractivity contribution in [2.45, 2.75) is 64.8 Å². The van der Waals surface area contributed by atoms with E-state index in [-0.39, 0.29) is 11.8 Å². The van der Waals surface area contributed by atoms with Gasteiger partial charge in [-0.05, 0) is 38.6 Å². The van der Waals surface area contributed by atoms with Gasteiger partial charge in [0, 0.05) is 18.5 Å². The van der Waals surface area contributed by atoms with Crippen LogP contribution in [0.2, 0.25) is 0 Å². The van der Waals surface area contributed by atoms with Gasteiger partial charge >= 0.3 is 0 Å². The number of amides is 1. The van der Waals surface area contributed by atoms with Crippen molar-refractivity contribution in [3.63, 3.8) is 0 Å². The summed E-state index contributed by atoms with van der Waals surface area (Å²) in [5.74, 6) is 0.508. The lowest BCUT2D eigenvalue weighted by Gasteiger charge is -2.16. The van der Waals surface area contributed by atoms with Crippen molar-refractivity contribution in [3.05, 3.63) is 0 Å². The molecule has 0 unspecified atom stereocenters. The standard InChI is InChI=1S/C14H28N2O/c1-3-6-12(7-4-2)14(17)16-11-9-13-8-5-10-15-13/h12-13,15H,3-11H2,1-2H3,(H,16,17)/t13-/m0/s1. The maximum absolute atomic E-state index is 12.0. The molecular weight excluding hydrogens is 212 g/mol. The van der Waals surface area contributed by atoms with Gasteiger partial charge in [-0.15, -0.1) is 0 Å². The number of carbonyl (C=O) groups is 1. The monoisotopic (exact) mass is 240 g/mol. The van der Waals surface area contributed by atoms with Gasteiger partial charge in [0.15, 0.2) is 0 Å². The molecule has 0 aromatic heterocycles. The van der Waals surface area contributed by atoms with Crippen LogP contribution in [0.5, 0.6) is 0 Å². The van der Waals surface area contributed by atoms with Gasteiger partial charge in [0.25, 0.3) is 0 Å². The first-order chi connectivity index (χ1) is 8.27. The minimum atomic E-state index is 0.238. The van der Waals surface area contributed by atoms with Gasteiger partial charge in [0.05, 0.1) is 0 Å². The van der Waals surface area contributed by atoms with Gasteiger partial charge in [-0.3, -0.25) is 4.79 Å². The first kappa shape index (κ1) is 14.5. The number of carbonyl (C=O) groups excluding carboxylic acids is 1. The van der Waals surface area contributed by atoms with Crippen molar-refractivity contribution in [2.24, 2.45) is 5.92 Å². The van der Waals surface area contributed by atoms with Crippen LogP contribution in [0, 0.1) is 5.92 Å². The van der Waals surface area contributed by atoms with E-state index in [1.54, 1.807) is 0 Å². The fourth-order valence-electron chi connectivity index (χ4n) is 2.62. The summed E-state index contributed by atoms with van der Waals surface area (Å²) in [5, 5.41) is 6.56. The third kappa shape index (κ3) is 5.53. The van der Waals surface area contributed by atoms with E-state index in [0.29, 0.717) is 6.04 Å². The number of hydrogen-bond donors (Lipinski definition) is 2. The van der Waals surface area contributed by atoms with E-state index >= 15 is 0 Å². The summed E-state index contributed by atoms with van der Waals surface area (Å²) in [6.07, 6.45) is 7.89. The van der Waals surface area contributed by atoms with Crippen LogP contribution in [0.3, 0.4) is 0 Å². The number of nitrogens with one attached hydrogen (secondary N) is 2. The Kier molecular flexibility index (Phi) is 7.25. The topological polar surface area (TPSA) is 41.1 Å². The minimum Gasteiger partial charge on any atom is -0.356 e. The molecule has 0 aliphatic carbocycles. The Hall–Kier alpha value is -0.570. The van der Waals surface area contributed by atoms with Crippen molar-refractivity contribution in [1.82, 2.24) is 10.6 Å². The summed E-state index contributed by atoms with van der Waals surface area (Å²) < 4.78 is 0. The fourth-order valence-corrected chi connectivity index (χ4v) is 2.62. The predicted molar refractivity (Wildman–Crippen MR) is 72.0 cm³/mol. The molecule has 1 aliphatic rings. The highest BCUT2D eigenvalue weighted by atomic mass is 16.1. The maximum atomic E-state index is 12.0. The lowest BCUT2D eigenvalue weighted by Crippen LogP contribution is -2.34. The van der Waals surface area contributed by atoms with Gasteiger partial charge in [-0.1, -0.05) is 26.7 Å². The van der Waals surface area contributed by atoms with E-state index in [1.807, 2.05) is 0 Å². The summed E-state index contributed by atoms with van der Waals surface area (Å²) in [6, 6.07) is 0.631. The van der Waals surface area contributed by atoms with Crippen molar-refractivity contribution < 1.29 is 4.79 Å². The second-order valence-electron chi connectivity index (χ2n) is 5.15. The molecule has 0 spiro atoms. The van der Waals surface area contributed by atoms with Gasteiger partial charge in [-0.25, -0.2) is 0 Å². The molecule has 0 aromatic rings. The average molecular weight is 240 g/mol. The first-order valence-electron chi connectivity index (χ1n) is 7.29. The van der Waals surface area contributed by atoms with Crippen molar-refractivity contribution >= 4 is 5.91 Å². The SMILES string of the molecule is CCCC(CCC)C(=O)NCC[C@@H]1CCCN1. The van der Waals surface area contributed by atoms with Crippen molar-refractivity contribution in [3.8, 4) is 0 Å². The quantitative estimate of drug-likeness (QED) is 0.684. The van der Waals surface area contributed by atoms with Crippen LogP contribution in [0.25, 0.3) is 0 Å². The molecule has 0 bridgehead atoms. The Morgan fingerprint density at radius 3 is 2.59 bits per heavy atom.